The number of aryl methyl sites for hydroxylation is 2. The van der Waals surface area contributed by atoms with E-state index in [9.17, 15) is 13.2 Å². The number of hydrogen-bond donors (Lipinski definition) is 3. The van der Waals surface area contributed by atoms with E-state index in [4.69, 9.17) is 0 Å². The van der Waals surface area contributed by atoms with Crippen LogP contribution in [0.1, 0.15) is 25.6 Å². The molecule has 0 aliphatic carbocycles. The molecule has 0 radical (unpaired) electrons. The van der Waals surface area contributed by atoms with Crippen LogP contribution in [0, 0.1) is 12.8 Å². The van der Waals surface area contributed by atoms with Gasteiger partial charge in [-0.05, 0) is 25.8 Å². The van der Waals surface area contributed by atoms with Crippen LogP contribution in [-0.2, 0) is 21.9 Å². The first-order chi connectivity index (χ1) is 10.8. The molecule has 1 saturated heterocycles. The monoisotopic (exact) mass is 379 g/mol. The minimum absolute atomic E-state index is 0. The molecule has 10 heteroatoms. The number of rotatable bonds is 6. The van der Waals surface area contributed by atoms with E-state index in [1.807, 2.05) is 0 Å². The lowest BCUT2D eigenvalue weighted by Gasteiger charge is -2.30. The third-order valence-corrected chi connectivity index (χ3v) is 5.51. The van der Waals surface area contributed by atoms with Gasteiger partial charge in [0.15, 0.2) is 5.03 Å². The van der Waals surface area contributed by atoms with Crippen LogP contribution < -0.4 is 15.4 Å². The van der Waals surface area contributed by atoms with Gasteiger partial charge < -0.3 is 15.2 Å². The van der Waals surface area contributed by atoms with E-state index < -0.39 is 10.0 Å². The van der Waals surface area contributed by atoms with Crippen LogP contribution in [0.4, 0.5) is 0 Å². The molecule has 1 aliphatic heterocycles. The minimum Gasteiger partial charge on any atom is -0.352 e. The van der Waals surface area contributed by atoms with Gasteiger partial charge in [0.2, 0.25) is 5.91 Å². The second kappa shape index (κ2) is 8.80. The van der Waals surface area contributed by atoms with Crippen LogP contribution in [0.15, 0.2) is 11.2 Å². The van der Waals surface area contributed by atoms with E-state index in [2.05, 4.69) is 27.3 Å². The van der Waals surface area contributed by atoms with Gasteiger partial charge in [-0.25, -0.2) is 18.1 Å². The van der Waals surface area contributed by atoms with E-state index in [-0.39, 0.29) is 42.3 Å². The Bertz CT molecular complexity index is 642. The molecule has 24 heavy (non-hydrogen) atoms. The molecule has 0 saturated carbocycles. The number of nitrogens with zero attached hydrogens (tertiary/aromatic N) is 2. The molecule has 1 aromatic rings. The van der Waals surface area contributed by atoms with Gasteiger partial charge in [-0.15, -0.1) is 12.4 Å². The molecule has 138 valence electrons. The SMILES string of the molecule is Cc1nc(S(=O)(=O)NCCC(=O)NC2CNCCC2C)cn1C.Cl. The zero-order valence-electron chi connectivity index (χ0n) is 14.2. The van der Waals surface area contributed by atoms with Crippen LogP contribution >= 0.6 is 12.4 Å². The molecule has 2 heterocycles. The van der Waals surface area contributed by atoms with E-state index in [1.54, 1.807) is 18.5 Å². The van der Waals surface area contributed by atoms with Gasteiger partial charge in [-0.3, -0.25) is 4.79 Å². The fraction of sp³-hybridized carbons (Fsp3) is 0.714. The summed E-state index contributed by atoms with van der Waals surface area (Å²) in [6, 6.07) is 0.103. The molecule has 3 N–H and O–H groups in total. The molecular formula is C14H26ClN5O3S. The van der Waals surface area contributed by atoms with Crippen LogP contribution in [0.25, 0.3) is 0 Å². The highest BCUT2D eigenvalue weighted by Gasteiger charge is 2.23. The fourth-order valence-electron chi connectivity index (χ4n) is 2.49. The number of carbonyl (C=O) groups is 1. The van der Waals surface area contributed by atoms with Crippen molar-refractivity contribution in [2.45, 2.75) is 37.8 Å². The predicted molar refractivity (Wildman–Crippen MR) is 93.6 cm³/mol. The van der Waals surface area contributed by atoms with Crippen molar-refractivity contribution in [3.63, 3.8) is 0 Å². The number of halogens is 1. The first-order valence-corrected chi connectivity index (χ1v) is 9.27. The smallest absolute Gasteiger partial charge is 0.259 e. The van der Waals surface area contributed by atoms with Crippen molar-refractivity contribution >= 4 is 28.3 Å². The third kappa shape index (κ3) is 5.44. The minimum atomic E-state index is -3.68. The Morgan fingerprint density at radius 3 is 2.79 bits per heavy atom. The Morgan fingerprint density at radius 2 is 2.21 bits per heavy atom. The largest absolute Gasteiger partial charge is 0.352 e. The number of imidazole rings is 1. The molecule has 8 nitrogen and oxygen atoms in total. The fourth-order valence-corrected chi connectivity index (χ4v) is 3.56. The Labute approximate surface area is 149 Å². The van der Waals surface area contributed by atoms with E-state index >= 15 is 0 Å². The zero-order chi connectivity index (χ0) is 17.0. The maximum Gasteiger partial charge on any atom is 0.259 e. The molecule has 0 spiro atoms. The summed E-state index contributed by atoms with van der Waals surface area (Å²) < 4.78 is 28.2. The van der Waals surface area contributed by atoms with Gasteiger partial charge in [0.1, 0.15) is 5.82 Å². The summed E-state index contributed by atoms with van der Waals surface area (Å²) in [5.74, 6) is 0.890. The molecule has 2 rings (SSSR count). The number of sulfonamides is 1. The summed E-state index contributed by atoms with van der Waals surface area (Å²) in [4.78, 5) is 15.9. The van der Waals surface area contributed by atoms with Gasteiger partial charge >= 0.3 is 0 Å². The van der Waals surface area contributed by atoms with E-state index in [0.717, 1.165) is 19.5 Å². The highest BCUT2D eigenvalue weighted by molar-refractivity contribution is 7.89. The topological polar surface area (TPSA) is 105 Å². The lowest BCUT2D eigenvalue weighted by molar-refractivity contribution is -0.122. The summed E-state index contributed by atoms with van der Waals surface area (Å²) in [6.45, 7) is 5.62. The Kier molecular flexibility index (Phi) is 7.65. The standard InChI is InChI=1S/C14H25N5O3S.ClH/c1-10-4-6-15-8-12(10)18-13(20)5-7-16-23(21,22)14-9-19(3)11(2)17-14;/h9-10,12,15-16H,4-8H2,1-3H3,(H,18,20);1H. The van der Waals surface area contributed by atoms with Gasteiger partial charge in [0.05, 0.1) is 0 Å². The van der Waals surface area contributed by atoms with Crippen LogP contribution in [0.5, 0.6) is 0 Å². The zero-order valence-corrected chi connectivity index (χ0v) is 15.8. The number of carbonyl (C=O) groups excluding carboxylic acids is 1. The van der Waals surface area contributed by atoms with E-state index in [1.165, 1.54) is 6.20 Å². The summed E-state index contributed by atoms with van der Waals surface area (Å²) >= 11 is 0. The molecule has 0 bridgehead atoms. The number of amides is 1. The van der Waals surface area contributed by atoms with Crippen LogP contribution in [-0.4, -0.2) is 49.6 Å². The first-order valence-electron chi connectivity index (χ1n) is 7.79. The van der Waals surface area contributed by atoms with Gasteiger partial charge in [0.25, 0.3) is 10.0 Å². The third-order valence-electron chi connectivity index (χ3n) is 4.18. The molecule has 0 aromatic carbocycles. The average molecular weight is 380 g/mol. The summed E-state index contributed by atoms with van der Waals surface area (Å²) in [5.41, 5.74) is 0. The van der Waals surface area contributed by atoms with Crippen molar-refractivity contribution in [3.8, 4) is 0 Å². The second-order valence-corrected chi connectivity index (χ2v) is 7.74. The first kappa shape index (κ1) is 20.9. The highest BCUT2D eigenvalue weighted by Crippen LogP contribution is 2.11. The van der Waals surface area contributed by atoms with Crippen LogP contribution in [0.2, 0.25) is 0 Å². The van der Waals surface area contributed by atoms with Crippen molar-refractivity contribution in [2.75, 3.05) is 19.6 Å². The number of aromatic nitrogens is 2. The van der Waals surface area contributed by atoms with Crippen LogP contribution in [0.3, 0.4) is 0 Å². The lowest BCUT2D eigenvalue weighted by Crippen LogP contribution is -2.50. The van der Waals surface area contributed by atoms with E-state index in [0.29, 0.717) is 11.7 Å². The maximum atomic E-state index is 12.1. The van der Waals surface area contributed by atoms with Gasteiger partial charge in [-0.1, -0.05) is 6.92 Å². The van der Waals surface area contributed by atoms with Crippen molar-refractivity contribution in [3.05, 3.63) is 12.0 Å². The van der Waals surface area contributed by atoms with Crippen molar-refractivity contribution < 1.29 is 13.2 Å². The molecule has 2 unspecified atom stereocenters. The van der Waals surface area contributed by atoms with Gasteiger partial charge in [0, 0.05) is 38.8 Å². The highest BCUT2D eigenvalue weighted by atomic mass is 35.5. The lowest BCUT2D eigenvalue weighted by atomic mass is 9.95. The molecule has 1 aliphatic rings. The summed E-state index contributed by atoms with van der Waals surface area (Å²) in [6.07, 6.45) is 2.58. The molecule has 1 fully saturated rings. The molecule has 1 amide bonds. The Hall–Kier alpha value is -1.16. The quantitative estimate of drug-likeness (QED) is 0.641. The van der Waals surface area contributed by atoms with Crippen molar-refractivity contribution in [1.29, 1.82) is 0 Å². The second-order valence-electron chi connectivity index (χ2n) is 6.03. The Morgan fingerprint density at radius 1 is 1.50 bits per heavy atom. The normalized spacial score (nSPS) is 21.1. The molecular weight excluding hydrogens is 354 g/mol. The number of hydrogen-bond acceptors (Lipinski definition) is 5. The molecule has 2 atom stereocenters. The number of nitrogens with one attached hydrogen (secondary N) is 3. The van der Waals surface area contributed by atoms with Crippen molar-refractivity contribution in [2.24, 2.45) is 13.0 Å². The van der Waals surface area contributed by atoms with Gasteiger partial charge in [-0.2, -0.15) is 0 Å². The maximum absolute atomic E-state index is 12.1. The van der Waals surface area contributed by atoms with Crippen molar-refractivity contribution in [1.82, 2.24) is 24.9 Å². The molecule has 1 aromatic heterocycles. The average Bonchev–Trinajstić information content (AvgIpc) is 2.82. The summed E-state index contributed by atoms with van der Waals surface area (Å²) in [5, 5.41) is 6.17. The number of piperidine rings is 1. The Balaban J connectivity index is 0.00000288. The predicted octanol–water partition coefficient (Wildman–Crippen LogP) is -0.0671. The summed E-state index contributed by atoms with van der Waals surface area (Å²) in [7, 11) is -1.95.